The first-order chi connectivity index (χ1) is 17.4. The van der Waals surface area contributed by atoms with Crippen molar-refractivity contribution in [1.29, 1.82) is 0 Å². The number of halogens is 1. The van der Waals surface area contributed by atoms with Gasteiger partial charge in [0, 0.05) is 25.0 Å². The standard InChI is InChI=1S/C26H27ClN6O3/c1-4-32-14-21-24(31-32)23(27)22(26(35)33(21)13-16-5-7-17(36-3)8-6-16)25-29-19-11-15(2)18(28-9-10-34)12-20(19)30-25/h5-8,11-12,14,28,34H,4,9-10,13H2,1-3H3,(H,29,30). The number of rotatable bonds is 8. The van der Waals surface area contributed by atoms with Crippen LogP contribution in [-0.2, 0) is 13.1 Å². The van der Waals surface area contributed by atoms with E-state index in [-0.39, 0.29) is 22.8 Å². The molecular formula is C26H27ClN6O3. The van der Waals surface area contributed by atoms with Gasteiger partial charge in [-0.2, -0.15) is 5.10 Å². The van der Waals surface area contributed by atoms with Crippen molar-refractivity contribution < 1.29 is 9.84 Å². The maximum absolute atomic E-state index is 13.9. The van der Waals surface area contributed by atoms with Crippen LogP contribution in [0.4, 0.5) is 5.69 Å². The SMILES string of the molecule is CCn1cc2c(n1)c(Cl)c(-c1nc3cc(NCCO)c(C)cc3[nH]1)c(=O)n2Cc1ccc(OC)cc1. The number of nitrogens with zero attached hydrogens (tertiary/aromatic N) is 4. The van der Waals surface area contributed by atoms with Crippen LogP contribution in [0.3, 0.4) is 0 Å². The number of fused-ring (bicyclic) bond motifs is 2. The minimum Gasteiger partial charge on any atom is -0.497 e. The van der Waals surface area contributed by atoms with E-state index in [9.17, 15) is 4.79 Å². The number of ether oxygens (including phenoxy) is 1. The molecule has 0 radical (unpaired) electrons. The summed E-state index contributed by atoms with van der Waals surface area (Å²) in [6, 6.07) is 11.5. The molecule has 0 atom stereocenters. The molecular weight excluding hydrogens is 480 g/mol. The van der Waals surface area contributed by atoms with Crippen LogP contribution in [0.5, 0.6) is 5.75 Å². The van der Waals surface area contributed by atoms with Crippen LogP contribution in [0, 0.1) is 6.92 Å². The van der Waals surface area contributed by atoms with Crippen molar-refractivity contribution in [3.05, 3.63) is 69.1 Å². The maximum atomic E-state index is 13.9. The molecule has 0 unspecified atom stereocenters. The van der Waals surface area contributed by atoms with Gasteiger partial charge in [0.05, 0.1) is 41.8 Å². The number of imidazole rings is 1. The Labute approximate surface area is 212 Å². The molecule has 0 aliphatic rings. The Morgan fingerprint density at radius 1 is 1.22 bits per heavy atom. The number of nitrogens with one attached hydrogen (secondary N) is 2. The molecule has 0 bridgehead atoms. The van der Waals surface area contributed by atoms with Gasteiger partial charge < -0.3 is 24.7 Å². The Hall–Kier alpha value is -3.82. The number of anilines is 1. The van der Waals surface area contributed by atoms with Gasteiger partial charge in [-0.15, -0.1) is 0 Å². The third-order valence-corrected chi connectivity index (χ3v) is 6.60. The summed E-state index contributed by atoms with van der Waals surface area (Å²) in [5, 5.41) is 17.2. The summed E-state index contributed by atoms with van der Waals surface area (Å²) in [7, 11) is 1.62. The minimum absolute atomic E-state index is 0.0249. The monoisotopic (exact) mass is 506 g/mol. The van der Waals surface area contributed by atoms with E-state index in [4.69, 9.17) is 26.4 Å². The summed E-state index contributed by atoms with van der Waals surface area (Å²) in [5.74, 6) is 1.13. The van der Waals surface area contributed by atoms with Gasteiger partial charge in [0.25, 0.3) is 5.56 Å². The first-order valence-electron chi connectivity index (χ1n) is 11.7. The smallest absolute Gasteiger partial charge is 0.264 e. The Morgan fingerprint density at radius 3 is 2.69 bits per heavy atom. The summed E-state index contributed by atoms with van der Waals surface area (Å²) in [5.41, 5.74) is 5.50. The average Bonchev–Trinajstić information content (AvgIpc) is 3.49. The zero-order valence-corrected chi connectivity index (χ0v) is 21.1. The molecule has 0 saturated carbocycles. The number of aromatic nitrogens is 5. The van der Waals surface area contributed by atoms with Gasteiger partial charge in [-0.1, -0.05) is 23.7 Å². The molecule has 186 valence electrons. The van der Waals surface area contributed by atoms with E-state index in [1.165, 1.54) is 0 Å². The predicted octanol–water partition coefficient (Wildman–Crippen LogP) is 4.18. The van der Waals surface area contributed by atoms with Crippen LogP contribution in [0.1, 0.15) is 18.1 Å². The van der Waals surface area contributed by atoms with Crippen LogP contribution in [-0.4, -0.2) is 49.7 Å². The first-order valence-corrected chi connectivity index (χ1v) is 12.1. The van der Waals surface area contributed by atoms with Gasteiger partial charge in [0.1, 0.15) is 22.7 Å². The number of pyridine rings is 1. The van der Waals surface area contributed by atoms with Crippen molar-refractivity contribution in [3.63, 3.8) is 0 Å². The molecule has 2 aromatic carbocycles. The molecule has 0 aliphatic carbocycles. The van der Waals surface area contributed by atoms with Crippen LogP contribution in [0.2, 0.25) is 5.02 Å². The largest absolute Gasteiger partial charge is 0.497 e. The fraction of sp³-hybridized carbons (Fsp3) is 0.269. The summed E-state index contributed by atoms with van der Waals surface area (Å²) >= 11 is 6.82. The number of aliphatic hydroxyl groups excluding tert-OH is 1. The van der Waals surface area contributed by atoms with E-state index in [0.29, 0.717) is 42.0 Å². The topological polar surface area (TPSA) is 110 Å². The first kappa shape index (κ1) is 23.9. The molecule has 36 heavy (non-hydrogen) atoms. The molecule has 9 nitrogen and oxygen atoms in total. The quantitative estimate of drug-likeness (QED) is 0.291. The Morgan fingerprint density at radius 2 is 2.00 bits per heavy atom. The van der Waals surface area contributed by atoms with Crippen molar-refractivity contribution in [2.24, 2.45) is 0 Å². The van der Waals surface area contributed by atoms with Crippen LogP contribution in [0.15, 0.2) is 47.4 Å². The summed E-state index contributed by atoms with van der Waals surface area (Å²) in [4.78, 5) is 21.9. The number of aryl methyl sites for hydroxylation is 2. The normalized spacial score (nSPS) is 11.5. The van der Waals surface area contributed by atoms with Gasteiger partial charge in [-0.05, 0) is 49.2 Å². The summed E-state index contributed by atoms with van der Waals surface area (Å²) in [6.45, 7) is 5.39. The van der Waals surface area contributed by atoms with E-state index in [1.807, 2.05) is 56.4 Å². The van der Waals surface area contributed by atoms with Crippen molar-refractivity contribution >= 4 is 39.4 Å². The van der Waals surface area contributed by atoms with E-state index in [1.54, 1.807) is 16.4 Å². The molecule has 0 saturated heterocycles. The number of hydrogen-bond donors (Lipinski definition) is 3. The lowest BCUT2D eigenvalue weighted by Gasteiger charge is -2.11. The number of hydrogen-bond acceptors (Lipinski definition) is 6. The molecule has 0 fully saturated rings. The molecule has 10 heteroatoms. The van der Waals surface area contributed by atoms with E-state index in [2.05, 4.69) is 15.4 Å². The lowest BCUT2D eigenvalue weighted by Crippen LogP contribution is -2.23. The van der Waals surface area contributed by atoms with Crippen LogP contribution < -0.4 is 15.6 Å². The second-order valence-electron chi connectivity index (χ2n) is 8.57. The number of H-pyrrole nitrogens is 1. The van der Waals surface area contributed by atoms with E-state index < -0.39 is 0 Å². The molecule has 3 N–H and O–H groups in total. The lowest BCUT2D eigenvalue weighted by atomic mass is 10.2. The van der Waals surface area contributed by atoms with Gasteiger partial charge in [-0.3, -0.25) is 9.48 Å². The fourth-order valence-electron chi connectivity index (χ4n) is 4.32. The summed E-state index contributed by atoms with van der Waals surface area (Å²) in [6.07, 6.45) is 1.84. The highest BCUT2D eigenvalue weighted by Crippen LogP contribution is 2.32. The Balaban J connectivity index is 1.68. The van der Waals surface area contributed by atoms with Gasteiger partial charge in [0.2, 0.25) is 0 Å². The number of methoxy groups -OCH3 is 1. The number of benzene rings is 2. The van der Waals surface area contributed by atoms with Crippen LogP contribution in [0.25, 0.3) is 33.5 Å². The minimum atomic E-state index is -0.256. The zero-order valence-electron chi connectivity index (χ0n) is 20.3. The Kier molecular flexibility index (Phi) is 6.42. The maximum Gasteiger partial charge on any atom is 0.264 e. The van der Waals surface area contributed by atoms with Crippen molar-refractivity contribution in [2.75, 3.05) is 25.6 Å². The zero-order chi connectivity index (χ0) is 25.4. The third-order valence-electron chi connectivity index (χ3n) is 6.24. The highest BCUT2D eigenvalue weighted by atomic mass is 35.5. The second kappa shape index (κ2) is 9.67. The molecule has 5 aromatic rings. The van der Waals surface area contributed by atoms with Gasteiger partial charge in [-0.25, -0.2) is 4.98 Å². The Bertz CT molecular complexity index is 1620. The van der Waals surface area contributed by atoms with E-state index >= 15 is 0 Å². The second-order valence-corrected chi connectivity index (χ2v) is 8.95. The predicted molar refractivity (Wildman–Crippen MR) is 142 cm³/mol. The molecule has 0 spiro atoms. The molecule has 3 heterocycles. The van der Waals surface area contributed by atoms with E-state index in [0.717, 1.165) is 28.1 Å². The molecule has 0 aliphatic heterocycles. The fourth-order valence-corrected chi connectivity index (χ4v) is 4.63. The molecule has 5 rings (SSSR count). The van der Waals surface area contributed by atoms with Crippen molar-refractivity contribution in [1.82, 2.24) is 24.3 Å². The average molecular weight is 507 g/mol. The van der Waals surface area contributed by atoms with Crippen molar-refractivity contribution in [2.45, 2.75) is 26.9 Å². The number of aromatic amines is 1. The highest BCUT2D eigenvalue weighted by molar-refractivity contribution is 6.37. The third kappa shape index (κ3) is 4.20. The lowest BCUT2D eigenvalue weighted by molar-refractivity contribution is 0.311. The van der Waals surface area contributed by atoms with Crippen LogP contribution >= 0.6 is 11.6 Å². The highest BCUT2D eigenvalue weighted by Gasteiger charge is 2.22. The molecule has 3 aromatic heterocycles. The van der Waals surface area contributed by atoms with Crippen molar-refractivity contribution in [3.8, 4) is 17.1 Å². The number of aliphatic hydroxyl groups is 1. The molecule has 0 amide bonds. The van der Waals surface area contributed by atoms with Gasteiger partial charge >= 0.3 is 0 Å². The summed E-state index contributed by atoms with van der Waals surface area (Å²) < 4.78 is 8.72. The van der Waals surface area contributed by atoms with Gasteiger partial charge in [0.15, 0.2) is 0 Å².